The molecule has 88 valence electrons. The van der Waals surface area contributed by atoms with Gasteiger partial charge in [-0.2, -0.15) is 0 Å². The molecule has 1 N–H and O–H groups in total. The van der Waals surface area contributed by atoms with Gasteiger partial charge in [-0.3, -0.25) is 4.79 Å². The highest BCUT2D eigenvalue weighted by Gasteiger charge is 2.21. The Hall–Kier alpha value is -1.26. The van der Waals surface area contributed by atoms with E-state index >= 15 is 0 Å². The van der Waals surface area contributed by atoms with Crippen LogP contribution in [0.25, 0.3) is 0 Å². The van der Waals surface area contributed by atoms with Crippen LogP contribution in [0.3, 0.4) is 0 Å². The average molecular weight is 243 g/mol. The van der Waals surface area contributed by atoms with Crippen molar-refractivity contribution in [3.8, 4) is 5.75 Å². The van der Waals surface area contributed by atoms with E-state index < -0.39 is 0 Å². The predicted molar refractivity (Wildman–Crippen MR) is 65.5 cm³/mol. The van der Waals surface area contributed by atoms with E-state index in [-0.39, 0.29) is 18.3 Å². The number of hydrogen-bond donors (Lipinski definition) is 1. The molecular formula is C11H15ClN2O2. The molecule has 1 heterocycles. The van der Waals surface area contributed by atoms with Crippen molar-refractivity contribution in [1.29, 1.82) is 0 Å². The number of piperazine rings is 1. The molecule has 0 aliphatic carbocycles. The van der Waals surface area contributed by atoms with Crippen LogP contribution in [0, 0.1) is 0 Å². The third-order valence-corrected chi connectivity index (χ3v) is 2.47. The minimum Gasteiger partial charge on any atom is -0.495 e. The summed E-state index contributed by atoms with van der Waals surface area (Å²) in [5.41, 5.74) is 0.853. The van der Waals surface area contributed by atoms with E-state index in [2.05, 4.69) is 5.32 Å². The van der Waals surface area contributed by atoms with Gasteiger partial charge >= 0.3 is 0 Å². The Balaban J connectivity index is 0.00000128. The van der Waals surface area contributed by atoms with Gasteiger partial charge in [-0.25, -0.2) is 0 Å². The van der Waals surface area contributed by atoms with Crippen molar-refractivity contribution in [2.45, 2.75) is 0 Å². The summed E-state index contributed by atoms with van der Waals surface area (Å²) in [6.07, 6.45) is 0. The van der Waals surface area contributed by atoms with Crippen molar-refractivity contribution >= 4 is 24.0 Å². The second kappa shape index (κ2) is 5.72. The predicted octanol–water partition coefficient (Wildman–Crippen LogP) is 1.05. The van der Waals surface area contributed by atoms with Crippen LogP contribution in [0.15, 0.2) is 24.3 Å². The lowest BCUT2D eigenvalue weighted by Crippen LogP contribution is -2.48. The zero-order valence-corrected chi connectivity index (χ0v) is 9.92. The van der Waals surface area contributed by atoms with Crippen LogP contribution < -0.4 is 15.0 Å². The molecule has 5 heteroatoms. The fraction of sp³-hybridized carbons (Fsp3) is 0.364. The summed E-state index contributed by atoms with van der Waals surface area (Å²) >= 11 is 0. The van der Waals surface area contributed by atoms with Gasteiger partial charge in [-0.1, -0.05) is 12.1 Å². The van der Waals surface area contributed by atoms with E-state index in [0.717, 1.165) is 18.0 Å². The minimum absolute atomic E-state index is 0. The number of halogens is 1. The third-order valence-electron chi connectivity index (χ3n) is 2.47. The molecule has 0 spiro atoms. The molecule has 1 aromatic rings. The van der Waals surface area contributed by atoms with Gasteiger partial charge in [0.05, 0.1) is 19.3 Å². The summed E-state index contributed by atoms with van der Waals surface area (Å²) in [4.78, 5) is 13.4. The van der Waals surface area contributed by atoms with Crippen LogP contribution in [-0.4, -0.2) is 32.7 Å². The monoisotopic (exact) mass is 242 g/mol. The maximum absolute atomic E-state index is 11.7. The van der Waals surface area contributed by atoms with Crippen molar-refractivity contribution < 1.29 is 9.53 Å². The molecule has 1 amide bonds. The van der Waals surface area contributed by atoms with E-state index in [9.17, 15) is 4.79 Å². The number of nitrogens with one attached hydrogen (secondary N) is 1. The second-order valence-electron chi connectivity index (χ2n) is 3.39. The Morgan fingerprint density at radius 3 is 2.81 bits per heavy atom. The number of methoxy groups -OCH3 is 1. The molecule has 4 nitrogen and oxygen atoms in total. The lowest BCUT2D eigenvalue weighted by atomic mass is 10.2. The maximum atomic E-state index is 11.7. The third kappa shape index (κ3) is 2.46. The summed E-state index contributed by atoms with van der Waals surface area (Å²) < 4.78 is 5.23. The van der Waals surface area contributed by atoms with E-state index in [1.165, 1.54) is 0 Å². The molecule has 0 saturated carbocycles. The molecule has 0 atom stereocenters. The number of carbonyl (C=O) groups excluding carboxylic acids is 1. The molecule has 1 saturated heterocycles. The first kappa shape index (κ1) is 12.8. The van der Waals surface area contributed by atoms with Crippen molar-refractivity contribution in [3.63, 3.8) is 0 Å². The van der Waals surface area contributed by atoms with Gasteiger partial charge in [-0.15, -0.1) is 12.4 Å². The van der Waals surface area contributed by atoms with E-state index in [0.29, 0.717) is 13.1 Å². The fourth-order valence-corrected chi connectivity index (χ4v) is 1.71. The molecule has 16 heavy (non-hydrogen) atoms. The number of benzene rings is 1. The smallest absolute Gasteiger partial charge is 0.241 e. The minimum atomic E-state index is 0. The molecule has 0 aromatic heterocycles. The van der Waals surface area contributed by atoms with E-state index in [1.807, 2.05) is 24.3 Å². The number of rotatable bonds is 2. The van der Waals surface area contributed by atoms with E-state index in [4.69, 9.17) is 4.74 Å². The summed E-state index contributed by atoms with van der Waals surface area (Å²) in [5, 5.41) is 3.04. The lowest BCUT2D eigenvalue weighted by Gasteiger charge is -2.28. The molecule has 2 rings (SSSR count). The zero-order valence-electron chi connectivity index (χ0n) is 9.10. The topological polar surface area (TPSA) is 41.6 Å². The number of anilines is 1. The first-order valence-electron chi connectivity index (χ1n) is 4.97. The Morgan fingerprint density at radius 2 is 2.12 bits per heavy atom. The Kier molecular flexibility index (Phi) is 4.58. The van der Waals surface area contributed by atoms with Crippen molar-refractivity contribution in [2.24, 2.45) is 0 Å². The number of hydrogen-bond acceptors (Lipinski definition) is 3. The Morgan fingerprint density at radius 1 is 1.38 bits per heavy atom. The zero-order chi connectivity index (χ0) is 10.7. The van der Waals surface area contributed by atoms with Crippen LogP contribution in [0.2, 0.25) is 0 Å². The molecule has 1 aliphatic heterocycles. The van der Waals surface area contributed by atoms with Crippen LogP contribution in [-0.2, 0) is 4.79 Å². The van der Waals surface area contributed by atoms with Crippen molar-refractivity contribution in [2.75, 3.05) is 31.6 Å². The summed E-state index contributed by atoms with van der Waals surface area (Å²) in [7, 11) is 1.62. The summed E-state index contributed by atoms with van der Waals surface area (Å²) in [5.74, 6) is 0.832. The molecule has 1 aromatic carbocycles. The summed E-state index contributed by atoms with van der Waals surface area (Å²) in [6, 6.07) is 7.58. The lowest BCUT2D eigenvalue weighted by molar-refractivity contribution is -0.118. The Labute approximate surface area is 101 Å². The number of ether oxygens (including phenoxy) is 1. The fourth-order valence-electron chi connectivity index (χ4n) is 1.71. The van der Waals surface area contributed by atoms with Gasteiger partial charge in [0, 0.05) is 13.1 Å². The normalized spacial score (nSPS) is 15.6. The van der Waals surface area contributed by atoms with Gasteiger partial charge in [0.1, 0.15) is 5.75 Å². The van der Waals surface area contributed by atoms with Gasteiger partial charge in [0.15, 0.2) is 0 Å². The first-order chi connectivity index (χ1) is 7.33. The first-order valence-corrected chi connectivity index (χ1v) is 4.97. The Bertz CT molecular complexity index is 371. The van der Waals surface area contributed by atoms with Gasteiger partial charge in [0.25, 0.3) is 0 Å². The SMILES string of the molecule is COc1ccccc1N1CCNCC1=O.Cl. The van der Waals surface area contributed by atoms with Gasteiger partial charge < -0.3 is 15.0 Å². The molecular weight excluding hydrogens is 228 g/mol. The van der Waals surface area contributed by atoms with Crippen molar-refractivity contribution in [1.82, 2.24) is 5.32 Å². The molecule has 0 bridgehead atoms. The highest BCUT2D eigenvalue weighted by atomic mass is 35.5. The number of carbonyl (C=O) groups is 1. The quantitative estimate of drug-likeness (QED) is 0.843. The highest BCUT2D eigenvalue weighted by Crippen LogP contribution is 2.27. The largest absolute Gasteiger partial charge is 0.495 e. The number of para-hydroxylation sites is 2. The van der Waals surface area contributed by atoms with Crippen LogP contribution in [0.5, 0.6) is 5.75 Å². The second-order valence-corrected chi connectivity index (χ2v) is 3.39. The van der Waals surface area contributed by atoms with Gasteiger partial charge in [-0.05, 0) is 12.1 Å². The maximum Gasteiger partial charge on any atom is 0.241 e. The average Bonchev–Trinajstić information content (AvgIpc) is 2.30. The van der Waals surface area contributed by atoms with Crippen LogP contribution in [0.4, 0.5) is 5.69 Å². The number of nitrogens with zero attached hydrogens (tertiary/aromatic N) is 1. The van der Waals surface area contributed by atoms with Crippen LogP contribution in [0.1, 0.15) is 0 Å². The van der Waals surface area contributed by atoms with E-state index in [1.54, 1.807) is 12.0 Å². The van der Waals surface area contributed by atoms with Crippen molar-refractivity contribution in [3.05, 3.63) is 24.3 Å². The molecule has 0 radical (unpaired) electrons. The number of amides is 1. The van der Waals surface area contributed by atoms with Crippen LogP contribution >= 0.6 is 12.4 Å². The molecule has 1 aliphatic rings. The standard InChI is InChI=1S/C11H14N2O2.ClH/c1-15-10-5-3-2-4-9(10)13-7-6-12-8-11(13)14;/h2-5,12H,6-8H2,1H3;1H. The highest BCUT2D eigenvalue weighted by molar-refractivity contribution is 5.96. The van der Waals surface area contributed by atoms with Gasteiger partial charge in [0.2, 0.25) is 5.91 Å². The summed E-state index contributed by atoms with van der Waals surface area (Å²) in [6.45, 7) is 1.92. The molecule has 0 unspecified atom stereocenters. The molecule has 1 fully saturated rings.